The Morgan fingerprint density at radius 2 is 1.32 bits per heavy atom. The van der Waals surface area contributed by atoms with Gasteiger partial charge in [0.2, 0.25) is 0 Å². The molecular weight excluding hydrogens is 344 g/mol. The molecule has 0 saturated heterocycles. The van der Waals surface area contributed by atoms with Crippen LogP contribution in [0.1, 0.15) is 11.1 Å². The summed E-state index contributed by atoms with van der Waals surface area (Å²) in [7, 11) is -2.11. The molecule has 0 aliphatic heterocycles. The van der Waals surface area contributed by atoms with E-state index >= 15 is 0 Å². The minimum Gasteiger partial charge on any atom is -0.224 e. The molecule has 2 rings (SSSR count). The molecule has 4 nitrogen and oxygen atoms in total. The van der Waals surface area contributed by atoms with Crippen LogP contribution in [0.3, 0.4) is 0 Å². The van der Waals surface area contributed by atoms with Gasteiger partial charge in [-0.05, 0) is 43.2 Å². The van der Waals surface area contributed by atoms with Crippen molar-refractivity contribution in [2.75, 3.05) is 5.75 Å². The zero-order valence-electron chi connectivity index (χ0n) is 11.9. The summed E-state index contributed by atoms with van der Waals surface area (Å²) in [5.74, 6) is -0.0387. The van der Waals surface area contributed by atoms with E-state index in [4.69, 9.17) is 10.7 Å². The zero-order chi connectivity index (χ0) is 16.4. The van der Waals surface area contributed by atoms with E-state index in [1.807, 2.05) is 31.2 Å². The van der Waals surface area contributed by atoms with Crippen LogP contribution in [0.2, 0.25) is 0 Å². The van der Waals surface area contributed by atoms with Crippen molar-refractivity contribution >= 4 is 29.6 Å². The number of rotatable bonds is 5. The molecule has 22 heavy (non-hydrogen) atoms. The van der Waals surface area contributed by atoms with Crippen LogP contribution in [0.25, 0.3) is 0 Å². The number of sulfone groups is 1. The molecule has 0 unspecified atom stereocenters. The second kappa shape index (κ2) is 6.40. The lowest BCUT2D eigenvalue weighted by molar-refractivity contribution is 0.594. The Hall–Kier alpha value is -1.37. The van der Waals surface area contributed by atoms with Crippen molar-refractivity contribution in [3.63, 3.8) is 0 Å². The summed E-state index contributed by atoms with van der Waals surface area (Å²) in [5.41, 5.74) is 2.05. The van der Waals surface area contributed by atoms with E-state index in [1.165, 1.54) is 24.3 Å². The molecule has 0 N–H and O–H groups in total. The van der Waals surface area contributed by atoms with Gasteiger partial charge < -0.3 is 0 Å². The molecule has 0 heterocycles. The second-order valence-electron chi connectivity index (χ2n) is 4.96. The Kier molecular flexibility index (Phi) is 4.94. The highest BCUT2D eigenvalue weighted by Gasteiger charge is 2.16. The molecule has 118 valence electrons. The van der Waals surface area contributed by atoms with Crippen molar-refractivity contribution in [3.05, 3.63) is 59.7 Å². The normalized spacial score (nSPS) is 12.3. The Morgan fingerprint density at radius 1 is 0.818 bits per heavy atom. The third-order valence-corrected chi connectivity index (χ3v) is 6.35. The van der Waals surface area contributed by atoms with E-state index in [9.17, 15) is 16.8 Å². The lowest BCUT2D eigenvalue weighted by Gasteiger charge is -2.06. The van der Waals surface area contributed by atoms with Crippen molar-refractivity contribution in [1.82, 2.24) is 0 Å². The lowest BCUT2D eigenvalue weighted by atomic mass is 10.1. The first kappa shape index (κ1) is 17.0. The van der Waals surface area contributed by atoms with E-state index in [0.717, 1.165) is 11.1 Å². The fourth-order valence-electron chi connectivity index (χ4n) is 1.93. The highest BCUT2D eigenvalue weighted by atomic mass is 35.7. The van der Waals surface area contributed by atoms with E-state index in [1.54, 1.807) is 0 Å². The largest absolute Gasteiger partial charge is 0.261 e. The summed E-state index contributed by atoms with van der Waals surface area (Å²) in [4.78, 5) is -0.0321. The van der Waals surface area contributed by atoms with Gasteiger partial charge in [0.05, 0.1) is 15.5 Å². The fraction of sp³-hybridized carbons (Fsp3) is 0.200. The molecule has 0 atom stereocenters. The molecule has 0 saturated carbocycles. The second-order valence-corrected chi connectivity index (χ2v) is 9.64. The van der Waals surface area contributed by atoms with Crippen LogP contribution < -0.4 is 0 Å². The van der Waals surface area contributed by atoms with Crippen LogP contribution in [0.5, 0.6) is 0 Å². The highest BCUT2D eigenvalue weighted by molar-refractivity contribution is 8.13. The molecule has 7 heteroatoms. The van der Waals surface area contributed by atoms with Crippen molar-refractivity contribution in [2.45, 2.75) is 23.1 Å². The Bertz CT molecular complexity index is 853. The summed E-state index contributed by atoms with van der Waals surface area (Å²) in [6, 6.07) is 12.6. The quantitative estimate of drug-likeness (QED) is 0.770. The molecule has 0 fully saturated rings. The first-order chi connectivity index (χ1) is 10.2. The Morgan fingerprint density at radius 3 is 1.82 bits per heavy atom. The topological polar surface area (TPSA) is 68.3 Å². The summed E-state index contributed by atoms with van der Waals surface area (Å²) in [6.07, 6.45) is 0.401. The SMILES string of the molecule is Cc1ccc(CCS(=O)(=O)c2ccc(S(=O)(=O)Cl)cc2)cc1. The number of aryl methyl sites for hydroxylation is 2. The number of halogens is 1. The zero-order valence-corrected chi connectivity index (χ0v) is 14.2. The summed E-state index contributed by atoms with van der Waals surface area (Å²) < 4.78 is 46.8. The van der Waals surface area contributed by atoms with E-state index in [-0.39, 0.29) is 15.5 Å². The van der Waals surface area contributed by atoms with E-state index < -0.39 is 18.9 Å². The molecule has 0 aliphatic carbocycles. The van der Waals surface area contributed by atoms with Gasteiger partial charge in [-0.15, -0.1) is 0 Å². The van der Waals surface area contributed by atoms with Crippen LogP contribution in [-0.2, 0) is 25.3 Å². The first-order valence-electron chi connectivity index (χ1n) is 6.51. The predicted octanol–water partition coefficient (Wildman–Crippen LogP) is 2.94. The van der Waals surface area contributed by atoms with Gasteiger partial charge in [0.1, 0.15) is 0 Å². The van der Waals surface area contributed by atoms with E-state index in [2.05, 4.69) is 0 Å². The smallest absolute Gasteiger partial charge is 0.224 e. The number of hydrogen-bond donors (Lipinski definition) is 0. The highest BCUT2D eigenvalue weighted by Crippen LogP contribution is 2.19. The van der Waals surface area contributed by atoms with Crippen LogP contribution in [0.4, 0.5) is 0 Å². The lowest BCUT2D eigenvalue weighted by Crippen LogP contribution is -2.09. The molecule has 2 aromatic carbocycles. The predicted molar refractivity (Wildman–Crippen MR) is 86.4 cm³/mol. The molecule has 2 aromatic rings. The molecule has 0 amide bonds. The van der Waals surface area contributed by atoms with Gasteiger partial charge in [-0.25, -0.2) is 16.8 Å². The average Bonchev–Trinajstić information content (AvgIpc) is 2.46. The van der Waals surface area contributed by atoms with Gasteiger partial charge in [-0.3, -0.25) is 0 Å². The van der Waals surface area contributed by atoms with Crippen LogP contribution in [0, 0.1) is 6.92 Å². The number of hydrogen-bond acceptors (Lipinski definition) is 4. The van der Waals surface area contributed by atoms with Gasteiger partial charge in [-0.2, -0.15) is 0 Å². The number of benzene rings is 2. The molecule has 0 aliphatic rings. The molecule has 0 radical (unpaired) electrons. The van der Waals surface area contributed by atoms with Crippen LogP contribution in [-0.4, -0.2) is 22.6 Å². The van der Waals surface area contributed by atoms with E-state index in [0.29, 0.717) is 6.42 Å². The van der Waals surface area contributed by atoms with Gasteiger partial charge in [0.15, 0.2) is 9.84 Å². The monoisotopic (exact) mass is 358 g/mol. The third-order valence-electron chi connectivity index (χ3n) is 3.24. The standard InChI is InChI=1S/C15H15ClO4S2/c1-12-2-4-13(5-3-12)10-11-21(17,18)14-6-8-15(9-7-14)22(16,19)20/h2-9H,10-11H2,1H3. The minimum atomic E-state index is -3.85. The maximum Gasteiger partial charge on any atom is 0.261 e. The Balaban J connectivity index is 2.15. The van der Waals surface area contributed by atoms with Crippen LogP contribution in [0.15, 0.2) is 58.3 Å². The molecule has 0 spiro atoms. The maximum atomic E-state index is 12.3. The summed E-state index contributed by atoms with van der Waals surface area (Å²) in [5, 5.41) is 0. The van der Waals surface area contributed by atoms with Gasteiger partial charge in [0.25, 0.3) is 9.05 Å². The molecule has 0 bridgehead atoms. The first-order valence-corrected chi connectivity index (χ1v) is 10.5. The molecule has 0 aromatic heterocycles. The summed E-state index contributed by atoms with van der Waals surface area (Å²) in [6.45, 7) is 1.97. The van der Waals surface area contributed by atoms with Gasteiger partial charge in [0, 0.05) is 10.7 Å². The third kappa shape index (κ3) is 4.32. The Labute approximate surface area is 135 Å². The van der Waals surface area contributed by atoms with Gasteiger partial charge in [-0.1, -0.05) is 29.8 Å². The van der Waals surface area contributed by atoms with Crippen LogP contribution >= 0.6 is 10.7 Å². The van der Waals surface area contributed by atoms with Gasteiger partial charge >= 0.3 is 0 Å². The summed E-state index contributed by atoms with van der Waals surface area (Å²) >= 11 is 0. The average molecular weight is 359 g/mol. The molecular formula is C15H15ClO4S2. The fourth-order valence-corrected chi connectivity index (χ4v) is 4.00. The van der Waals surface area contributed by atoms with Crippen molar-refractivity contribution in [3.8, 4) is 0 Å². The van der Waals surface area contributed by atoms with Crippen molar-refractivity contribution < 1.29 is 16.8 Å². The van der Waals surface area contributed by atoms with Crippen molar-refractivity contribution in [1.29, 1.82) is 0 Å². The van der Waals surface area contributed by atoms with Crippen molar-refractivity contribution in [2.24, 2.45) is 0 Å². The minimum absolute atomic E-state index is 0.0387. The maximum absolute atomic E-state index is 12.3.